The lowest BCUT2D eigenvalue weighted by atomic mass is 9.83. The van der Waals surface area contributed by atoms with E-state index in [1.165, 1.54) is 5.56 Å². The van der Waals surface area contributed by atoms with Gasteiger partial charge >= 0.3 is 0 Å². The van der Waals surface area contributed by atoms with Crippen molar-refractivity contribution in [3.8, 4) is 72.5 Å². The van der Waals surface area contributed by atoms with Gasteiger partial charge < -0.3 is 5.11 Å². The van der Waals surface area contributed by atoms with Crippen molar-refractivity contribution in [3.05, 3.63) is 176 Å². The van der Waals surface area contributed by atoms with Crippen LogP contribution in [0.15, 0.2) is 176 Å². The van der Waals surface area contributed by atoms with Crippen LogP contribution in [-0.4, -0.2) is 5.11 Å². The van der Waals surface area contributed by atoms with E-state index in [2.05, 4.69) is 140 Å². The lowest BCUT2D eigenvalue weighted by Crippen LogP contribution is -1.95. The Kier molecular flexibility index (Phi) is 7.13. The lowest BCUT2D eigenvalue weighted by molar-refractivity contribution is 0.479. The first-order valence-electron chi connectivity index (χ1n) is 14.6. The van der Waals surface area contributed by atoms with Gasteiger partial charge in [0.05, 0.1) is 0 Å². The highest BCUT2D eigenvalue weighted by molar-refractivity contribution is 6.00. The minimum absolute atomic E-state index is 0.282. The van der Waals surface area contributed by atoms with Crippen molar-refractivity contribution in [1.82, 2.24) is 0 Å². The van der Waals surface area contributed by atoms with Crippen LogP contribution in [0.3, 0.4) is 0 Å². The van der Waals surface area contributed by atoms with Gasteiger partial charge in [0.1, 0.15) is 5.75 Å². The van der Waals surface area contributed by atoms with Gasteiger partial charge in [-0.1, -0.05) is 152 Å². The van der Waals surface area contributed by atoms with Gasteiger partial charge in [-0.15, -0.1) is 0 Å². The fraction of sp³-hybridized carbons (Fsp3) is 0. The average molecular weight is 551 g/mol. The van der Waals surface area contributed by atoms with E-state index in [0.29, 0.717) is 0 Å². The van der Waals surface area contributed by atoms with E-state index in [0.717, 1.165) is 61.2 Å². The topological polar surface area (TPSA) is 20.2 Å². The Labute approximate surface area is 253 Å². The number of hydrogen-bond acceptors (Lipinski definition) is 1. The summed E-state index contributed by atoms with van der Waals surface area (Å²) in [6, 6.07) is 61.0. The van der Waals surface area contributed by atoms with Crippen LogP contribution in [0.5, 0.6) is 5.75 Å². The van der Waals surface area contributed by atoms with Crippen molar-refractivity contribution in [2.75, 3.05) is 0 Å². The van der Waals surface area contributed by atoms with Gasteiger partial charge in [-0.25, -0.2) is 0 Å². The molecule has 0 aromatic heterocycles. The van der Waals surface area contributed by atoms with Gasteiger partial charge in [0.15, 0.2) is 0 Å². The van der Waals surface area contributed by atoms with Crippen molar-refractivity contribution in [3.63, 3.8) is 0 Å². The zero-order valence-corrected chi connectivity index (χ0v) is 23.7. The zero-order valence-electron chi connectivity index (χ0n) is 23.7. The summed E-state index contributed by atoms with van der Waals surface area (Å²) in [7, 11) is 0. The Balaban J connectivity index is 1.60. The van der Waals surface area contributed by atoms with Gasteiger partial charge in [-0.3, -0.25) is 0 Å². The maximum absolute atomic E-state index is 11.7. The minimum atomic E-state index is 0.282. The molecule has 0 amide bonds. The summed E-state index contributed by atoms with van der Waals surface area (Å²) in [6.07, 6.45) is 0. The first-order chi connectivity index (χ1) is 21.3. The number of benzene rings is 7. The summed E-state index contributed by atoms with van der Waals surface area (Å²) in [5.41, 5.74) is 12.6. The Morgan fingerprint density at radius 2 is 0.535 bits per heavy atom. The highest BCUT2D eigenvalue weighted by atomic mass is 16.3. The van der Waals surface area contributed by atoms with Crippen LogP contribution in [0.4, 0.5) is 0 Å². The summed E-state index contributed by atoms with van der Waals surface area (Å²) < 4.78 is 0. The SMILES string of the molecule is Oc1c(-c2ccccc2)cc(-c2c(-c3ccccc3)cc(-c3ccccc3)cc2-c2ccccc2)cc1-c1ccccc1. The van der Waals surface area contributed by atoms with Gasteiger partial charge in [0.25, 0.3) is 0 Å². The third-order valence-electron chi connectivity index (χ3n) is 7.98. The maximum atomic E-state index is 11.7. The highest BCUT2D eigenvalue weighted by Crippen LogP contribution is 2.48. The van der Waals surface area contributed by atoms with E-state index in [4.69, 9.17) is 0 Å². The molecule has 7 aromatic rings. The molecule has 204 valence electrons. The molecule has 0 aliphatic heterocycles. The van der Waals surface area contributed by atoms with Crippen molar-refractivity contribution < 1.29 is 5.11 Å². The standard InChI is InChI=1S/C42H30O/c43-42-39(33-22-12-4-13-23-33)28-36(29-40(42)34-24-14-5-15-25-34)41-37(31-18-8-2-9-19-31)26-35(30-16-6-1-7-17-30)27-38(41)32-20-10-3-11-21-32/h1-29,43H. The minimum Gasteiger partial charge on any atom is -0.507 e. The van der Waals surface area contributed by atoms with Crippen LogP contribution < -0.4 is 0 Å². The van der Waals surface area contributed by atoms with Crippen molar-refractivity contribution in [2.45, 2.75) is 0 Å². The van der Waals surface area contributed by atoms with Crippen LogP contribution >= 0.6 is 0 Å². The van der Waals surface area contributed by atoms with Gasteiger partial charge in [-0.05, 0) is 79.9 Å². The molecule has 43 heavy (non-hydrogen) atoms. The molecular weight excluding hydrogens is 520 g/mol. The molecule has 0 atom stereocenters. The summed E-state index contributed by atoms with van der Waals surface area (Å²) in [5, 5.41) is 11.7. The summed E-state index contributed by atoms with van der Waals surface area (Å²) in [6.45, 7) is 0. The second kappa shape index (κ2) is 11.7. The first kappa shape index (κ1) is 26.3. The van der Waals surface area contributed by atoms with Crippen LogP contribution in [0, 0.1) is 0 Å². The highest BCUT2D eigenvalue weighted by Gasteiger charge is 2.21. The third-order valence-corrected chi connectivity index (χ3v) is 7.98. The number of rotatable bonds is 6. The molecule has 0 saturated carbocycles. The maximum Gasteiger partial charge on any atom is 0.131 e. The fourth-order valence-electron chi connectivity index (χ4n) is 5.90. The number of hydrogen-bond donors (Lipinski definition) is 1. The molecule has 0 bridgehead atoms. The van der Waals surface area contributed by atoms with Gasteiger partial charge in [0.2, 0.25) is 0 Å². The monoisotopic (exact) mass is 550 g/mol. The van der Waals surface area contributed by atoms with Crippen molar-refractivity contribution in [2.24, 2.45) is 0 Å². The number of aromatic hydroxyl groups is 1. The lowest BCUT2D eigenvalue weighted by Gasteiger charge is -2.21. The molecule has 7 aromatic carbocycles. The largest absolute Gasteiger partial charge is 0.507 e. The van der Waals surface area contributed by atoms with E-state index in [9.17, 15) is 5.11 Å². The molecule has 0 aliphatic carbocycles. The van der Waals surface area contributed by atoms with Gasteiger partial charge in [0, 0.05) is 11.1 Å². The molecule has 0 fully saturated rings. The average Bonchev–Trinajstić information content (AvgIpc) is 3.10. The first-order valence-corrected chi connectivity index (χ1v) is 14.6. The summed E-state index contributed by atoms with van der Waals surface area (Å²) in [4.78, 5) is 0. The van der Waals surface area contributed by atoms with Crippen LogP contribution in [0.1, 0.15) is 0 Å². The Morgan fingerprint density at radius 3 is 0.884 bits per heavy atom. The molecule has 0 radical (unpaired) electrons. The number of phenolic OH excluding ortho intramolecular Hbond substituents is 1. The van der Waals surface area contributed by atoms with E-state index >= 15 is 0 Å². The molecule has 1 heteroatoms. The summed E-state index contributed by atoms with van der Waals surface area (Å²) in [5.74, 6) is 0.282. The van der Waals surface area contributed by atoms with E-state index in [1.807, 2.05) is 36.4 Å². The molecule has 0 heterocycles. The predicted octanol–water partition coefficient (Wildman–Crippen LogP) is 11.4. The Morgan fingerprint density at radius 1 is 0.256 bits per heavy atom. The molecule has 0 aliphatic rings. The van der Waals surface area contributed by atoms with E-state index in [-0.39, 0.29) is 5.75 Å². The quantitative estimate of drug-likeness (QED) is 0.218. The van der Waals surface area contributed by atoms with Gasteiger partial charge in [-0.2, -0.15) is 0 Å². The molecule has 0 unspecified atom stereocenters. The molecule has 0 saturated heterocycles. The Hall–Kier alpha value is -5.66. The van der Waals surface area contributed by atoms with Crippen molar-refractivity contribution >= 4 is 0 Å². The second-order valence-electron chi connectivity index (χ2n) is 10.7. The zero-order chi connectivity index (χ0) is 29.0. The summed E-state index contributed by atoms with van der Waals surface area (Å²) >= 11 is 0. The van der Waals surface area contributed by atoms with E-state index < -0.39 is 0 Å². The molecular formula is C42H30O. The Bertz CT molecular complexity index is 1860. The predicted molar refractivity (Wildman–Crippen MR) is 181 cm³/mol. The molecule has 0 spiro atoms. The van der Waals surface area contributed by atoms with Crippen molar-refractivity contribution in [1.29, 1.82) is 0 Å². The number of phenols is 1. The fourth-order valence-corrected chi connectivity index (χ4v) is 5.90. The smallest absolute Gasteiger partial charge is 0.131 e. The molecule has 7 rings (SSSR count). The second-order valence-corrected chi connectivity index (χ2v) is 10.7. The van der Waals surface area contributed by atoms with Crippen LogP contribution in [0.2, 0.25) is 0 Å². The van der Waals surface area contributed by atoms with Crippen LogP contribution in [0.25, 0.3) is 66.8 Å². The van der Waals surface area contributed by atoms with Crippen LogP contribution in [-0.2, 0) is 0 Å². The normalized spacial score (nSPS) is 10.9. The molecule has 1 N–H and O–H groups in total. The molecule has 1 nitrogen and oxygen atoms in total. The van der Waals surface area contributed by atoms with E-state index in [1.54, 1.807) is 0 Å². The third kappa shape index (κ3) is 5.25.